The van der Waals surface area contributed by atoms with Crippen LogP contribution >= 0.6 is 7.82 Å². The Morgan fingerprint density at radius 2 is 1.20 bits per heavy atom. The average molecular weight is 523 g/mol. The van der Waals surface area contributed by atoms with Crippen molar-refractivity contribution >= 4 is 7.82 Å². The van der Waals surface area contributed by atoms with E-state index in [-0.39, 0.29) is 19.1 Å². The van der Waals surface area contributed by atoms with Crippen LogP contribution in [0.4, 0.5) is 0 Å². The van der Waals surface area contributed by atoms with Crippen molar-refractivity contribution in [3.05, 3.63) is 0 Å². The second-order valence-electron chi connectivity index (χ2n) is 11.8. The number of phosphoric ester groups is 1. The van der Waals surface area contributed by atoms with E-state index in [1.54, 1.807) is 0 Å². The number of likely N-dealkylation sites (N-methyl/N-ethyl adjacent to an activating group) is 1. The summed E-state index contributed by atoms with van der Waals surface area (Å²) in [6, 6.07) is 0. The van der Waals surface area contributed by atoms with Gasteiger partial charge in [-0.05, 0) is 18.8 Å². The number of unbranched alkanes of at least 4 members (excludes halogenated alkanes) is 13. The van der Waals surface area contributed by atoms with Crippen molar-refractivity contribution in [2.45, 2.75) is 117 Å². The van der Waals surface area contributed by atoms with Crippen LogP contribution in [-0.4, -0.2) is 63.5 Å². The molecule has 0 aromatic rings. The minimum Gasteiger partial charge on any atom is -0.381 e. The summed E-state index contributed by atoms with van der Waals surface area (Å²) in [4.78, 5) is 9.97. The van der Waals surface area contributed by atoms with E-state index in [9.17, 15) is 9.46 Å². The molecule has 0 rings (SSSR count). The maximum absolute atomic E-state index is 12.2. The summed E-state index contributed by atoms with van der Waals surface area (Å²) >= 11 is 0. The lowest BCUT2D eigenvalue weighted by atomic mass is 9.99. The van der Waals surface area contributed by atoms with Crippen molar-refractivity contribution in [1.29, 1.82) is 0 Å². The van der Waals surface area contributed by atoms with E-state index in [2.05, 4.69) is 20.8 Å². The first-order chi connectivity index (χ1) is 16.6. The average Bonchev–Trinajstić information content (AvgIpc) is 2.75. The molecule has 6 nitrogen and oxygen atoms in total. The predicted molar refractivity (Wildman–Crippen MR) is 149 cm³/mol. The van der Waals surface area contributed by atoms with Crippen LogP contribution in [0, 0.1) is 11.8 Å². The van der Waals surface area contributed by atoms with Gasteiger partial charge in [0.2, 0.25) is 0 Å². The fourth-order valence-corrected chi connectivity index (χ4v) is 4.95. The first kappa shape index (κ1) is 35.0. The molecule has 0 heterocycles. The number of hydrogen-bond acceptors (Lipinski definition) is 4. The minimum absolute atomic E-state index is 0.101. The van der Waals surface area contributed by atoms with Crippen molar-refractivity contribution in [3.8, 4) is 0 Å². The number of quaternary nitrogens is 1. The molecule has 1 N–H and O–H groups in total. The summed E-state index contributed by atoms with van der Waals surface area (Å²) in [7, 11) is 2.03. The monoisotopic (exact) mass is 522 g/mol. The van der Waals surface area contributed by atoms with Crippen molar-refractivity contribution in [2.24, 2.45) is 11.8 Å². The van der Waals surface area contributed by atoms with Crippen LogP contribution < -0.4 is 0 Å². The lowest BCUT2D eigenvalue weighted by Gasteiger charge is -2.24. The van der Waals surface area contributed by atoms with E-state index in [1.165, 1.54) is 83.5 Å². The number of rotatable bonds is 26. The molecule has 0 aliphatic rings. The first-order valence-corrected chi connectivity index (χ1v) is 16.1. The lowest BCUT2D eigenvalue weighted by molar-refractivity contribution is -0.870. The Labute approximate surface area is 218 Å². The molecule has 0 saturated carbocycles. The van der Waals surface area contributed by atoms with Gasteiger partial charge < -0.3 is 14.1 Å². The molecule has 35 heavy (non-hydrogen) atoms. The minimum atomic E-state index is -4.02. The molecule has 0 aliphatic carbocycles. The van der Waals surface area contributed by atoms with Crippen LogP contribution in [0.2, 0.25) is 0 Å². The zero-order valence-corrected chi connectivity index (χ0v) is 25.2. The molecule has 0 radical (unpaired) electrons. The molecular weight excluding hydrogens is 461 g/mol. The summed E-state index contributed by atoms with van der Waals surface area (Å²) in [5, 5.41) is 0. The number of nitrogens with zero attached hydrogens (tertiary/aromatic N) is 1. The topological polar surface area (TPSA) is 65.0 Å². The van der Waals surface area contributed by atoms with Crippen LogP contribution in [0.1, 0.15) is 117 Å². The lowest BCUT2D eigenvalue weighted by Crippen LogP contribution is -2.37. The Morgan fingerprint density at radius 1 is 0.714 bits per heavy atom. The van der Waals surface area contributed by atoms with Crippen molar-refractivity contribution in [2.75, 3.05) is 54.1 Å². The third-order valence-electron chi connectivity index (χ3n) is 6.29. The smallest absolute Gasteiger partial charge is 0.381 e. The van der Waals surface area contributed by atoms with Crippen molar-refractivity contribution < 1.29 is 27.7 Å². The number of phosphoric acid groups is 1. The molecule has 0 spiro atoms. The van der Waals surface area contributed by atoms with E-state index >= 15 is 0 Å². The highest BCUT2D eigenvalue weighted by Gasteiger charge is 2.25. The summed E-state index contributed by atoms with van der Waals surface area (Å²) in [5.74, 6) is 0.578. The quantitative estimate of drug-likeness (QED) is 0.0708. The van der Waals surface area contributed by atoms with Gasteiger partial charge in [0.15, 0.2) is 0 Å². The molecule has 0 aromatic carbocycles. The number of ether oxygens (including phenoxy) is 1. The molecule has 0 amide bonds. The maximum Gasteiger partial charge on any atom is 0.472 e. The van der Waals surface area contributed by atoms with Crippen LogP contribution in [0.25, 0.3) is 0 Å². The van der Waals surface area contributed by atoms with Gasteiger partial charge >= 0.3 is 7.82 Å². The Bertz CT molecular complexity index is 510. The van der Waals surface area contributed by atoms with Gasteiger partial charge in [-0.15, -0.1) is 0 Å². The summed E-state index contributed by atoms with van der Waals surface area (Å²) in [5.41, 5.74) is 0. The molecule has 2 unspecified atom stereocenters. The van der Waals surface area contributed by atoms with E-state index in [0.717, 1.165) is 19.4 Å². The zero-order chi connectivity index (χ0) is 26.4. The molecule has 0 aromatic heterocycles. The van der Waals surface area contributed by atoms with Crippen molar-refractivity contribution in [3.63, 3.8) is 0 Å². The largest absolute Gasteiger partial charge is 0.472 e. The predicted octanol–water partition coefficient (Wildman–Crippen LogP) is 7.99. The van der Waals surface area contributed by atoms with E-state index in [0.29, 0.717) is 23.6 Å². The standard InChI is InChI=1S/C28H60NO5P/c1-7-8-9-10-11-12-13-14-15-16-17-18-19-20-22-32-25-28(24-27(2)3)26-34-35(30,31)33-23-21-29(4,5)6/h27-28H,7-26H2,1-6H3/p+1. The van der Waals surface area contributed by atoms with Gasteiger partial charge in [-0.2, -0.15) is 0 Å². The summed E-state index contributed by atoms with van der Waals surface area (Å²) in [6.45, 7) is 8.92. The molecule has 7 heteroatoms. The summed E-state index contributed by atoms with van der Waals surface area (Å²) < 4.78 is 29.2. The molecule has 2 atom stereocenters. The van der Waals surface area contributed by atoms with Gasteiger partial charge in [0, 0.05) is 12.5 Å². The normalized spacial score (nSPS) is 15.0. The fraction of sp³-hybridized carbons (Fsp3) is 1.00. The zero-order valence-electron chi connectivity index (χ0n) is 24.3. The molecule has 0 bridgehead atoms. The highest BCUT2D eigenvalue weighted by Crippen LogP contribution is 2.43. The van der Waals surface area contributed by atoms with Gasteiger partial charge in [-0.1, -0.05) is 104 Å². The Balaban J connectivity index is 3.76. The van der Waals surface area contributed by atoms with Crippen LogP contribution in [-0.2, 0) is 18.3 Å². The van der Waals surface area contributed by atoms with E-state index in [1.807, 2.05) is 21.1 Å². The molecule has 0 saturated heterocycles. The second-order valence-corrected chi connectivity index (χ2v) is 13.2. The van der Waals surface area contributed by atoms with Crippen molar-refractivity contribution in [1.82, 2.24) is 0 Å². The fourth-order valence-electron chi connectivity index (χ4n) is 4.17. The Kier molecular flexibility index (Phi) is 22.1. The molecule has 212 valence electrons. The third-order valence-corrected chi connectivity index (χ3v) is 7.27. The molecule has 0 aliphatic heterocycles. The number of hydrogen-bond donors (Lipinski definition) is 1. The Hall–Kier alpha value is 0.0300. The Morgan fingerprint density at radius 3 is 1.66 bits per heavy atom. The van der Waals surface area contributed by atoms with Gasteiger partial charge in [-0.25, -0.2) is 4.57 Å². The van der Waals surface area contributed by atoms with Gasteiger partial charge in [0.25, 0.3) is 0 Å². The van der Waals surface area contributed by atoms with Crippen LogP contribution in [0.5, 0.6) is 0 Å². The SMILES string of the molecule is CCCCCCCCCCCCCCCCOCC(COP(=O)(O)OCC[N+](C)(C)C)CC(C)C. The molecular formula is C28H61NO5P+. The maximum atomic E-state index is 12.2. The van der Waals surface area contributed by atoms with Crippen LogP contribution in [0.3, 0.4) is 0 Å². The van der Waals surface area contributed by atoms with Gasteiger partial charge in [-0.3, -0.25) is 9.05 Å². The highest BCUT2D eigenvalue weighted by molar-refractivity contribution is 7.47. The second kappa shape index (κ2) is 22.1. The first-order valence-electron chi connectivity index (χ1n) is 14.6. The van der Waals surface area contributed by atoms with E-state index < -0.39 is 7.82 Å². The summed E-state index contributed by atoms with van der Waals surface area (Å²) in [6.07, 6.45) is 19.8. The van der Waals surface area contributed by atoms with E-state index in [4.69, 9.17) is 13.8 Å². The van der Waals surface area contributed by atoms with Crippen LogP contribution in [0.15, 0.2) is 0 Å². The highest BCUT2D eigenvalue weighted by atomic mass is 31.2. The third kappa shape index (κ3) is 26.9. The van der Waals surface area contributed by atoms with Gasteiger partial charge in [0.05, 0.1) is 34.4 Å². The molecule has 0 fully saturated rings. The van der Waals surface area contributed by atoms with Gasteiger partial charge in [0.1, 0.15) is 13.2 Å².